The Morgan fingerprint density at radius 2 is 1.75 bits per heavy atom. The third-order valence-electron chi connectivity index (χ3n) is 4.51. The fraction of sp³-hybridized carbons (Fsp3) is 1.00. The molecule has 2 atom stereocenters. The Kier molecular flexibility index (Phi) is 9.49. The Balaban J connectivity index is 2.34. The summed E-state index contributed by atoms with van der Waals surface area (Å²) < 4.78 is 0. The van der Waals surface area contributed by atoms with Gasteiger partial charge in [0.2, 0.25) is 0 Å². The Morgan fingerprint density at radius 1 is 1.00 bits per heavy atom. The Hall–Kier alpha value is -0.120. The zero-order chi connectivity index (χ0) is 14.8. The van der Waals surface area contributed by atoms with Crippen molar-refractivity contribution in [1.29, 1.82) is 0 Å². The monoisotopic (exact) mass is 283 g/mol. The van der Waals surface area contributed by atoms with E-state index < -0.39 is 0 Å². The Morgan fingerprint density at radius 3 is 2.45 bits per heavy atom. The maximum Gasteiger partial charge on any atom is 0.0107 e. The van der Waals surface area contributed by atoms with Gasteiger partial charge in [0.25, 0.3) is 0 Å². The van der Waals surface area contributed by atoms with Gasteiger partial charge < -0.3 is 15.1 Å². The molecule has 3 heteroatoms. The minimum absolute atomic E-state index is 0.758. The van der Waals surface area contributed by atoms with E-state index in [0.29, 0.717) is 0 Å². The SMILES string of the molecule is CCCNC1CCCCCC1CN(C)CCCN(C)C. The minimum atomic E-state index is 0.758. The molecule has 0 saturated heterocycles. The third-order valence-corrected chi connectivity index (χ3v) is 4.51. The first-order valence-corrected chi connectivity index (χ1v) is 8.70. The molecule has 1 aliphatic rings. The standard InChI is InChI=1S/C17H37N3/c1-5-12-18-17-11-8-6-7-10-16(17)15-20(4)14-9-13-19(2)3/h16-18H,5-15H2,1-4H3. The molecule has 0 heterocycles. The van der Waals surface area contributed by atoms with E-state index in [1.54, 1.807) is 0 Å². The van der Waals surface area contributed by atoms with Crippen molar-refractivity contribution < 1.29 is 0 Å². The van der Waals surface area contributed by atoms with Crippen LogP contribution in [0.4, 0.5) is 0 Å². The molecule has 0 aromatic rings. The highest BCUT2D eigenvalue weighted by molar-refractivity contribution is 4.81. The lowest BCUT2D eigenvalue weighted by Gasteiger charge is -2.30. The van der Waals surface area contributed by atoms with Crippen molar-refractivity contribution in [2.45, 2.75) is 57.9 Å². The molecular weight excluding hydrogens is 246 g/mol. The highest BCUT2D eigenvalue weighted by atomic mass is 15.1. The van der Waals surface area contributed by atoms with Gasteiger partial charge >= 0.3 is 0 Å². The van der Waals surface area contributed by atoms with Crippen molar-refractivity contribution in [3.63, 3.8) is 0 Å². The number of rotatable bonds is 9. The molecule has 0 spiro atoms. The summed E-state index contributed by atoms with van der Waals surface area (Å²) in [6.45, 7) is 7.16. The molecule has 1 N–H and O–H groups in total. The smallest absolute Gasteiger partial charge is 0.0107 e. The maximum atomic E-state index is 3.81. The zero-order valence-corrected chi connectivity index (χ0v) is 14.3. The van der Waals surface area contributed by atoms with Gasteiger partial charge in [-0.25, -0.2) is 0 Å². The summed E-state index contributed by atoms with van der Waals surface area (Å²) in [6, 6.07) is 0.758. The molecule has 20 heavy (non-hydrogen) atoms. The summed E-state index contributed by atoms with van der Waals surface area (Å²) in [5.41, 5.74) is 0. The molecule has 0 aromatic carbocycles. The lowest BCUT2D eigenvalue weighted by Crippen LogP contribution is -2.41. The fourth-order valence-corrected chi connectivity index (χ4v) is 3.35. The van der Waals surface area contributed by atoms with Gasteiger partial charge in [-0.05, 0) is 72.4 Å². The van der Waals surface area contributed by atoms with Crippen molar-refractivity contribution in [3.05, 3.63) is 0 Å². The third kappa shape index (κ3) is 7.61. The molecule has 1 saturated carbocycles. The molecular formula is C17H37N3. The van der Waals surface area contributed by atoms with Gasteiger partial charge in [-0.1, -0.05) is 26.2 Å². The highest BCUT2D eigenvalue weighted by Gasteiger charge is 2.23. The van der Waals surface area contributed by atoms with Gasteiger partial charge in [0.1, 0.15) is 0 Å². The Bertz CT molecular complexity index is 230. The number of nitrogens with one attached hydrogen (secondary N) is 1. The summed E-state index contributed by atoms with van der Waals surface area (Å²) >= 11 is 0. The summed E-state index contributed by atoms with van der Waals surface area (Å²) in [5.74, 6) is 0.855. The second-order valence-electron chi connectivity index (χ2n) is 6.88. The molecule has 3 nitrogen and oxygen atoms in total. The quantitative estimate of drug-likeness (QED) is 0.657. The fourth-order valence-electron chi connectivity index (χ4n) is 3.35. The van der Waals surface area contributed by atoms with Crippen LogP contribution in [0.1, 0.15) is 51.9 Å². The van der Waals surface area contributed by atoms with Crippen LogP contribution >= 0.6 is 0 Å². The first kappa shape index (κ1) is 17.9. The lowest BCUT2D eigenvalue weighted by atomic mass is 9.94. The molecule has 0 aliphatic heterocycles. The molecule has 1 aliphatic carbocycles. The number of hydrogen-bond acceptors (Lipinski definition) is 3. The molecule has 1 fully saturated rings. The van der Waals surface area contributed by atoms with E-state index in [9.17, 15) is 0 Å². The first-order chi connectivity index (χ1) is 9.63. The van der Waals surface area contributed by atoms with E-state index in [-0.39, 0.29) is 0 Å². The maximum absolute atomic E-state index is 3.81. The van der Waals surface area contributed by atoms with Gasteiger partial charge in [0, 0.05) is 12.6 Å². The summed E-state index contributed by atoms with van der Waals surface area (Å²) in [4.78, 5) is 4.84. The predicted octanol–water partition coefficient (Wildman–Crippen LogP) is 2.82. The second kappa shape index (κ2) is 10.6. The molecule has 0 amide bonds. The van der Waals surface area contributed by atoms with Gasteiger partial charge in [-0.2, -0.15) is 0 Å². The normalized spacial score (nSPS) is 24.3. The van der Waals surface area contributed by atoms with E-state index >= 15 is 0 Å². The molecule has 1 rings (SSSR count). The molecule has 0 bridgehead atoms. The Labute approximate surface area is 127 Å². The van der Waals surface area contributed by atoms with Crippen molar-refractivity contribution in [2.75, 3.05) is 47.3 Å². The highest BCUT2D eigenvalue weighted by Crippen LogP contribution is 2.24. The van der Waals surface area contributed by atoms with Crippen molar-refractivity contribution in [2.24, 2.45) is 5.92 Å². The summed E-state index contributed by atoms with van der Waals surface area (Å²) in [6.07, 6.45) is 9.62. The van der Waals surface area contributed by atoms with Crippen LogP contribution in [0.2, 0.25) is 0 Å². The predicted molar refractivity (Wildman–Crippen MR) is 89.3 cm³/mol. The van der Waals surface area contributed by atoms with Gasteiger partial charge in [0.15, 0.2) is 0 Å². The van der Waals surface area contributed by atoms with Crippen LogP contribution in [-0.2, 0) is 0 Å². The van der Waals surface area contributed by atoms with E-state index in [1.165, 1.54) is 71.1 Å². The first-order valence-electron chi connectivity index (χ1n) is 8.70. The van der Waals surface area contributed by atoms with Crippen molar-refractivity contribution in [1.82, 2.24) is 15.1 Å². The van der Waals surface area contributed by atoms with E-state index in [4.69, 9.17) is 0 Å². The van der Waals surface area contributed by atoms with Crippen molar-refractivity contribution >= 4 is 0 Å². The zero-order valence-electron chi connectivity index (χ0n) is 14.3. The largest absolute Gasteiger partial charge is 0.314 e. The van der Waals surface area contributed by atoms with E-state index in [0.717, 1.165) is 12.0 Å². The number of hydrogen-bond donors (Lipinski definition) is 1. The van der Waals surface area contributed by atoms with Crippen LogP contribution in [0.25, 0.3) is 0 Å². The van der Waals surface area contributed by atoms with Crippen LogP contribution < -0.4 is 5.32 Å². The summed E-state index contributed by atoms with van der Waals surface area (Å²) in [7, 11) is 6.63. The molecule has 120 valence electrons. The van der Waals surface area contributed by atoms with Crippen LogP contribution in [0.3, 0.4) is 0 Å². The van der Waals surface area contributed by atoms with E-state index in [2.05, 4.69) is 43.2 Å². The average Bonchev–Trinajstić information content (AvgIpc) is 2.61. The van der Waals surface area contributed by atoms with Crippen LogP contribution in [0, 0.1) is 5.92 Å². The van der Waals surface area contributed by atoms with Gasteiger partial charge in [0.05, 0.1) is 0 Å². The van der Waals surface area contributed by atoms with Gasteiger partial charge in [-0.3, -0.25) is 0 Å². The average molecular weight is 284 g/mol. The van der Waals surface area contributed by atoms with Crippen LogP contribution in [-0.4, -0.2) is 63.2 Å². The summed E-state index contributed by atoms with van der Waals surface area (Å²) in [5, 5.41) is 3.81. The topological polar surface area (TPSA) is 18.5 Å². The molecule has 2 unspecified atom stereocenters. The van der Waals surface area contributed by atoms with E-state index in [1.807, 2.05) is 0 Å². The second-order valence-corrected chi connectivity index (χ2v) is 6.88. The molecule has 0 radical (unpaired) electrons. The van der Waals surface area contributed by atoms with Gasteiger partial charge in [-0.15, -0.1) is 0 Å². The molecule has 0 aromatic heterocycles. The lowest BCUT2D eigenvalue weighted by molar-refractivity contribution is 0.216. The van der Waals surface area contributed by atoms with Crippen LogP contribution in [0.15, 0.2) is 0 Å². The van der Waals surface area contributed by atoms with Crippen molar-refractivity contribution in [3.8, 4) is 0 Å². The minimum Gasteiger partial charge on any atom is -0.314 e. The van der Waals surface area contributed by atoms with Crippen LogP contribution in [0.5, 0.6) is 0 Å². The number of nitrogens with zero attached hydrogens (tertiary/aromatic N) is 2.